The van der Waals surface area contributed by atoms with Crippen molar-refractivity contribution in [1.82, 2.24) is 9.97 Å². The average molecular weight is 546 g/mol. The summed E-state index contributed by atoms with van der Waals surface area (Å²) in [5.41, 5.74) is 0.428. The standard InChI is InChI=1S/2C13H11N3O4/c2*1-20-13(17)10-7-12(14-8-11(10)16(18)19)15-9-5-3-2-4-6-9/h2*2-8H,1H3,(H,14,15). The molecule has 14 nitrogen and oxygen atoms in total. The number of pyridine rings is 2. The number of nitro groups is 2. The van der Waals surface area contributed by atoms with E-state index in [0.29, 0.717) is 11.6 Å². The molecule has 0 fully saturated rings. The van der Waals surface area contributed by atoms with Gasteiger partial charge in [-0.1, -0.05) is 36.4 Å². The van der Waals surface area contributed by atoms with E-state index in [4.69, 9.17) is 0 Å². The van der Waals surface area contributed by atoms with E-state index in [0.717, 1.165) is 38.0 Å². The topological polar surface area (TPSA) is 189 Å². The molecule has 0 saturated carbocycles. The van der Waals surface area contributed by atoms with Crippen LogP contribution in [0.4, 0.5) is 34.4 Å². The molecule has 0 radical (unpaired) electrons. The Kier molecular flexibility index (Phi) is 9.72. The molecule has 40 heavy (non-hydrogen) atoms. The average Bonchev–Trinajstić information content (AvgIpc) is 2.97. The number of carbonyl (C=O) groups excluding carboxylic acids is 2. The summed E-state index contributed by atoms with van der Waals surface area (Å²) in [4.78, 5) is 51.3. The SMILES string of the molecule is COC(=O)c1cc(Nc2ccccc2)ncc1[N+](=O)[O-].COC(=O)c1cc(Nc2ccccc2)ncc1[N+](=O)[O-]. The molecule has 0 aliphatic rings. The lowest BCUT2D eigenvalue weighted by Gasteiger charge is -2.07. The number of methoxy groups -OCH3 is 2. The van der Waals surface area contributed by atoms with Gasteiger partial charge in [0.25, 0.3) is 0 Å². The second kappa shape index (κ2) is 13.6. The monoisotopic (exact) mass is 546 g/mol. The smallest absolute Gasteiger partial charge is 0.345 e. The third-order valence-corrected chi connectivity index (χ3v) is 5.06. The predicted octanol–water partition coefficient (Wildman–Crippen LogP) is 5.04. The molecule has 0 amide bonds. The molecule has 0 saturated heterocycles. The molecular weight excluding hydrogens is 524 g/mol. The number of nitrogens with zero attached hydrogens (tertiary/aromatic N) is 4. The highest BCUT2D eigenvalue weighted by molar-refractivity contribution is 5.95. The molecule has 0 atom stereocenters. The highest BCUT2D eigenvalue weighted by atomic mass is 16.6. The number of esters is 2. The van der Waals surface area contributed by atoms with Crippen molar-refractivity contribution in [2.24, 2.45) is 0 Å². The van der Waals surface area contributed by atoms with E-state index in [2.05, 4.69) is 30.1 Å². The van der Waals surface area contributed by atoms with Gasteiger partial charge < -0.3 is 20.1 Å². The van der Waals surface area contributed by atoms with Crippen molar-refractivity contribution < 1.29 is 28.9 Å². The maximum absolute atomic E-state index is 11.6. The minimum atomic E-state index is -0.782. The number of hydrogen-bond donors (Lipinski definition) is 2. The van der Waals surface area contributed by atoms with E-state index in [1.807, 2.05) is 36.4 Å². The van der Waals surface area contributed by atoms with Crippen LogP contribution in [-0.4, -0.2) is 46.0 Å². The van der Waals surface area contributed by atoms with Crippen LogP contribution >= 0.6 is 0 Å². The Morgan fingerprint density at radius 2 is 1.02 bits per heavy atom. The second-order valence-electron chi connectivity index (χ2n) is 7.65. The van der Waals surface area contributed by atoms with E-state index in [1.165, 1.54) is 12.1 Å². The molecule has 204 valence electrons. The molecule has 0 unspecified atom stereocenters. The summed E-state index contributed by atoms with van der Waals surface area (Å²) < 4.78 is 9.07. The van der Waals surface area contributed by atoms with Crippen LogP contribution in [0.25, 0.3) is 0 Å². The Bertz CT molecular complexity index is 1400. The number of benzene rings is 2. The van der Waals surface area contributed by atoms with Gasteiger partial charge in [-0.25, -0.2) is 19.6 Å². The maximum atomic E-state index is 11.6. The summed E-state index contributed by atoms with van der Waals surface area (Å²) >= 11 is 0. The van der Waals surface area contributed by atoms with Crippen LogP contribution in [0.5, 0.6) is 0 Å². The maximum Gasteiger partial charge on any atom is 0.345 e. The number of carbonyl (C=O) groups is 2. The van der Waals surface area contributed by atoms with Crippen molar-refractivity contribution in [2.75, 3.05) is 24.9 Å². The van der Waals surface area contributed by atoms with Crippen LogP contribution in [0.2, 0.25) is 0 Å². The molecule has 14 heteroatoms. The zero-order chi connectivity index (χ0) is 29.1. The minimum Gasteiger partial charge on any atom is -0.465 e. The molecule has 0 spiro atoms. The molecule has 4 rings (SSSR count). The fraction of sp³-hybridized carbons (Fsp3) is 0.0769. The molecule has 2 N–H and O–H groups in total. The molecule has 0 aliphatic heterocycles. The van der Waals surface area contributed by atoms with Crippen molar-refractivity contribution >= 4 is 46.3 Å². The number of aromatic nitrogens is 2. The molecule has 2 aromatic heterocycles. The lowest BCUT2D eigenvalue weighted by Crippen LogP contribution is -2.07. The number of nitrogens with one attached hydrogen (secondary N) is 2. The van der Waals surface area contributed by atoms with Gasteiger partial charge in [0, 0.05) is 23.5 Å². The van der Waals surface area contributed by atoms with Gasteiger partial charge in [-0.05, 0) is 24.3 Å². The van der Waals surface area contributed by atoms with Crippen molar-refractivity contribution in [1.29, 1.82) is 0 Å². The lowest BCUT2D eigenvalue weighted by molar-refractivity contribution is -0.385. The van der Waals surface area contributed by atoms with Gasteiger partial charge in [-0.2, -0.15) is 0 Å². The Morgan fingerprint density at radius 3 is 1.32 bits per heavy atom. The first-order chi connectivity index (χ1) is 19.2. The number of anilines is 4. The zero-order valence-corrected chi connectivity index (χ0v) is 21.1. The van der Waals surface area contributed by atoms with Crippen LogP contribution in [-0.2, 0) is 9.47 Å². The second-order valence-corrected chi connectivity index (χ2v) is 7.65. The predicted molar refractivity (Wildman–Crippen MR) is 144 cm³/mol. The fourth-order valence-electron chi connectivity index (χ4n) is 3.21. The van der Waals surface area contributed by atoms with E-state index >= 15 is 0 Å². The fourth-order valence-corrected chi connectivity index (χ4v) is 3.21. The largest absolute Gasteiger partial charge is 0.465 e. The van der Waals surface area contributed by atoms with Crippen molar-refractivity contribution in [2.45, 2.75) is 0 Å². The van der Waals surface area contributed by atoms with E-state index < -0.39 is 33.2 Å². The van der Waals surface area contributed by atoms with Crippen LogP contribution in [0.1, 0.15) is 20.7 Å². The molecular formula is C26H22N6O8. The van der Waals surface area contributed by atoms with E-state index in [1.54, 1.807) is 24.3 Å². The van der Waals surface area contributed by atoms with Gasteiger partial charge in [-0.3, -0.25) is 20.2 Å². The Balaban J connectivity index is 0.000000220. The first-order valence-electron chi connectivity index (χ1n) is 11.3. The van der Waals surface area contributed by atoms with Crippen molar-refractivity contribution in [3.05, 3.63) is 117 Å². The Morgan fingerprint density at radius 1 is 0.675 bits per heavy atom. The number of hydrogen-bond acceptors (Lipinski definition) is 12. The third-order valence-electron chi connectivity index (χ3n) is 5.06. The van der Waals surface area contributed by atoms with Crippen molar-refractivity contribution in [3.63, 3.8) is 0 Å². The van der Waals surface area contributed by atoms with E-state index in [9.17, 15) is 29.8 Å². The zero-order valence-electron chi connectivity index (χ0n) is 21.1. The first-order valence-corrected chi connectivity index (χ1v) is 11.3. The van der Waals surface area contributed by atoms with E-state index in [-0.39, 0.29) is 11.1 Å². The first kappa shape index (κ1) is 28.6. The summed E-state index contributed by atoms with van der Waals surface area (Å²) in [5, 5.41) is 27.6. The summed E-state index contributed by atoms with van der Waals surface area (Å²) in [7, 11) is 2.33. The van der Waals surface area contributed by atoms with Gasteiger partial charge in [0.05, 0.1) is 24.1 Å². The number of ether oxygens (including phenoxy) is 2. The van der Waals surface area contributed by atoms with Gasteiger partial charge in [-0.15, -0.1) is 0 Å². The van der Waals surface area contributed by atoms with Crippen LogP contribution in [0.15, 0.2) is 85.2 Å². The summed E-state index contributed by atoms with van der Waals surface area (Å²) in [6, 6.07) is 20.8. The lowest BCUT2D eigenvalue weighted by atomic mass is 10.2. The summed E-state index contributed by atoms with van der Waals surface area (Å²) in [6.45, 7) is 0. The van der Waals surface area contributed by atoms with Crippen LogP contribution in [0.3, 0.4) is 0 Å². The highest BCUT2D eigenvalue weighted by Crippen LogP contribution is 2.24. The van der Waals surface area contributed by atoms with Crippen LogP contribution in [0, 0.1) is 20.2 Å². The third kappa shape index (κ3) is 7.55. The molecule has 2 aromatic carbocycles. The Hall–Kier alpha value is -5.92. The van der Waals surface area contributed by atoms with Gasteiger partial charge in [0.2, 0.25) is 0 Å². The molecule has 0 bridgehead atoms. The minimum absolute atomic E-state index is 0.147. The van der Waals surface area contributed by atoms with Gasteiger partial charge in [0.1, 0.15) is 35.2 Å². The van der Waals surface area contributed by atoms with Gasteiger partial charge in [0.15, 0.2) is 0 Å². The molecule has 2 heterocycles. The summed E-state index contributed by atoms with van der Waals surface area (Å²) in [5.74, 6) is -0.921. The van der Waals surface area contributed by atoms with Gasteiger partial charge >= 0.3 is 23.3 Å². The number of rotatable bonds is 8. The number of para-hydroxylation sites is 2. The summed E-state index contributed by atoms with van der Waals surface area (Å²) in [6.07, 6.45) is 2.05. The van der Waals surface area contributed by atoms with Crippen LogP contribution < -0.4 is 10.6 Å². The normalized spacial score (nSPS) is 9.85. The molecule has 0 aliphatic carbocycles. The Labute approximate surface area is 226 Å². The molecule has 4 aromatic rings. The quantitative estimate of drug-likeness (QED) is 0.170. The van der Waals surface area contributed by atoms with Crippen molar-refractivity contribution in [3.8, 4) is 0 Å². The highest BCUT2D eigenvalue weighted by Gasteiger charge is 2.23.